The zero-order valence-electron chi connectivity index (χ0n) is 22.6. The molecule has 6 unspecified atom stereocenters. The number of hydrogen-bond acceptors (Lipinski definition) is 8. The number of aliphatic hydroxyl groups is 2. The molecule has 0 fully saturated rings. The van der Waals surface area contributed by atoms with Crippen molar-refractivity contribution in [3.63, 3.8) is 0 Å². The van der Waals surface area contributed by atoms with Crippen molar-refractivity contribution in [2.24, 2.45) is 5.73 Å². The number of para-hydroxylation sites is 1. The van der Waals surface area contributed by atoms with E-state index >= 15 is 0 Å². The zero-order chi connectivity index (χ0) is 30.3. The molecule has 1 aromatic heterocycles. The average Bonchev–Trinajstić information content (AvgIpc) is 3.33. The molecule has 0 saturated heterocycles. The minimum absolute atomic E-state index is 0.000301. The Hall–Kier alpha value is -4.46. The van der Waals surface area contributed by atoms with Crippen LogP contribution in [0.15, 0.2) is 54.7 Å². The second-order valence-corrected chi connectivity index (χ2v) is 9.89. The summed E-state index contributed by atoms with van der Waals surface area (Å²) in [6.07, 6.45) is -1.12. The number of carboxylic acid groups (broad SMARTS) is 1. The molecule has 3 rings (SSSR count). The third-order valence-electron chi connectivity index (χ3n) is 6.61. The first kappa shape index (κ1) is 31.1. The van der Waals surface area contributed by atoms with E-state index in [9.17, 15) is 39.6 Å². The van der Waals surface area contributed by atoms with E-state index in [1.54, 1.807) is 12.3 Å². The zero-order valence-corrected chi connectivity index (χ0v) is 22.6. The number of phenols is 1. The number of aliphatic carboxylic acids is 1. The highest BCUT2D eigenvalue weighted by Gasteiger charge is 2.33. The molecule has 0 aliphatic heterocycles. The Morgan fingerprint density at radius 3 is 2.07 bits per heavy atom. The summed E-state index contributed by atoms with van der Waals surface area (Å²) >= 11 is 0. The fraction of sp³-hybridized carbons (Fsp3) is 0.357. The maximum Gasteiger partial charge on any atom is 0.326 e. The van der Waals surface area contributed by atoms with Gasteiger partial charge >= 0.3 is 5.97 Å². The molecule has 3 amide bonds. The summed E-state index contributed by atoms with van der Waals surface area (Å²) in [4.78, 5) is 54.2. The van der Waals surface area contributed by atoms with Crippen LogP contribution in [0.1, 0.15) is 25.0 Å². The number of carbonyl (C=O) groups excluding carboxylic acids is 3. The Kier molecular flexibility index (Phi) is 10.4. The topological polar surface area (TPSA) is 227 Å². The van der Waals surface area contributed by atoms with Gasteiger partial charge in [0.2, 0.25) is 17.7 Å². The lowest BCUT2D eigenvalue weighted by Gasteiger charge is -2.27. The number of aromatic hydroxyl groups is 1. The molecule has 0 radical (unpaired) electrons. The minimum Gasteiger partial charge on any atom is -0.508 e. The van der Waals surface area contributed by atoms with Crippen molar-refractivity contribution in [2.45, 2.75) is 63.1 Å². The average molecular weight is 570 g/mol. The van der Waals surface area contributed by atoms with E-state index in [1.165, 1.54) is 38.1 Å². The fourth-order valence-electron chi connectivity index (χ4n) is 4.21. The van der Waals surface area contributed by atoms with Gasteiger partial charge in [0, 0.05) is 29.9 Å². The third-order valence-corrected chi connectivity index (χ3v) is 6.61. The number of H-pyrrole nitrogens is 1. The van der Waals surface area contributed by atoms with E-state index < -0.39 is 60.1 Å². The number of fused-ring (bicyclic) bond motifs is 1. The van der Waals surface area contributed by atoms with Crippen molar-refractivity contribution >= 4 is 34.6 Å². The number of nitrogens with one attached hydrogen (secondary N) is 4. The van der Waals surface area contributed by atoms with Crippen LogP contribution in [-0.4, -0.2) is 85.5 Å². The fourth-order valence-corrected chi connectivity index (χ4v) is 4.21. The number of aromatic amines is 1. The lowest BCUT2D eigenvalue weighted by Crippen LogP contribution is -2.61. The summed E-state index contributed by atoms with van der Waals surface area (Å²) in [5.41, 5.74) is 7.62. The molecule has 6 atom stereocenters. The van der Waals surface area contributed by atoms with Crippen molar-refractivity contribution in [1.82, 2.24) is 20.9 Å². The largest absolute Gasteiger partial charge is 0.508 e. The number of carbonyl (C=O) groups is 4. The van der Waals surface area contributed by atoms with E-state index in [1.807, 2.05) is 18.2 Å². The molecule has 0 bridgehead atoms. The van der Waals surface area contributed by atoms with E-state index in [0.717, 1.165) is 10.9 Å². The number of benzene rings is 2. The maximum absolute atomic E-state index is 13.5. The summed E-state index contributed by atoms with van der Waals surface area (Å²) in [6, 6.07) is 7.52. The normalized spacial score (nSPS) is 15.6. The number of nitrogens with two attached hydrogens (primary N) is 1. The number of aliphatic hydroxyl groups excluding tert-OH is 2. The van der Waals surface area contributed by atoms with Gasteiger partial charge in [-0.25, -0.2) is 4.79 Å². The predicted octanol–water partition coefficient (Wildman–Crippen LogP) is -0.713. The van der Waals surface area contributed by atoms with Gasteiger partial charge in [0.1, 0.15) is 29.9 Å². The van der Waals surface area contributed by atoms with Crippen LogP contribution in [0, 0.1) is 0 Å². The Labute approximate surface area is 235 Å². The summed E-state index contributed by atoms with van der Waals surface area (Å²) in [5.74, 6) is -3.94. The van der Waals surface area contributed by atoms with Crippen LogP contribution in [0.5, 0.6) is 5.75 Å². The predicted molar refractivity (Wildman–Crippen MR) is 149 cm³/mol. The molecule has 13 nitrogen and oxygen atoms in total. The van der Waals surface area contributed by atoms with Crippen LogP contribution in [0.4, 0.5) is 0 Å². The van der Waals surface area contributed by atoms with Crippen LogP contribution in [0.25, 0.3) is 10.9 Å². The molecule has 13 heteroatoms. The highest BCUT2D eigenvalue weighted by atomic mass is 16.4. The van der Waals surface area contributed by atoms with E-state index in [2.05, 4.69) is 20.9 Å². The number of phenolic OH excluding ortho intramolecular Hbond substituents is 1. The van der Waals surface area contributed by atoms with Gasteiger partial charge in [0.25, 0.3) is 0 Å². The van der Waals surface area contributed by atoms with Crippen LogP contribution in [-0.2, 0) is 32.0 Å². The van der Waals surface area contributed by atoms with Crippen LogP contribution < -0.4 is 21.7 Å². The maximum atomic E-state index is 13.5. The second-order valence-electron chi connectivity index (χ2n) is 9.89. The van der Waals surface area contributed by atoms with Crippen molar-refractivity contribution in [3.8, 4) is 5.75 Å². The first-order valence-corrected chi connectivity index (χ1v) is 13.0. The molecule has 41 heavy (non-hydrogen) atoms. The number of carboxylic acids is 1. The molecule has 0 aliphatic rings. The summed E-state index contributed by atoms with van der Waals surface area (Å²) in [5, 5.41) is 47.2. The number of hydrogen-bond donors (Lipinski definition) is 9. The summed E-state index contributed by atoms with van der Waals surface area (Å²) in [6.45, 7) is 2.55. The first-order valence-electron chi connectivity index (χ1n) is 13.0. The smallest absolute Gasteiger partial charge is 0.326 e. The van der Waals surface area contributed by atoms with Crippen molar-refractivity contribution in [3.05, 3.63) is 65.9 Å². The van der Waals surface area contributed by atoms with Gasteiger partial charge in [0.05, 0.1) is 12.2 Å². The standard InChI is InChI=1S/C28H35N5O8/c1-14(34)23(29)26(38)33-24(15(2)35)27(39)31-21(12-17-13-30-20-6-4-3-5-19(17)20)25(37)32-22(28(40)41)11-16-7-9-18(36)10-8-16/h3-10,13-15,21-24,30,34-36H,11-12,29H2,1-2H3,(H,31,39)(H,32,37)(H,33,38)(H,40,41). The Bertz CT molecular complexity index is 1370. The molecule has 2 aromatic carbocycles. The first-order chi connectivity index (χ1) is 19.4. The molecule has 0 aliphatic carbocycles. The summed E-state index contributed by atoms with van der Waals surface area (Å²) < 4.78 is 0. The van der Waals surface area contributed by atoms with Gasteiger partial charge in [-0.05, 0) is 43.2 Å². The van der Waals surface area contributed by atoms with Crippen LogP contribution in [0.2, 0.25) is 0 Å². The molecule has 1 heterocycles. The minimum atomic E-state index is -1.53. The van der Waals surface area contributed by atoms with Gasteiger partial charge in [-0.2, -0.15) is 0 Å². The number of amides is 3. The van der Waals surface area contributed by atoms with Crippen molar-refractivity contribution in [2.75, 3.05) is 0 Å². The molecular weight excluding hydrogens is 534 g/mol. The molecule has 10 N–H and O–H groups in total. The number of rotatable bonds is 13. The van der Waals surface area contributed by atoms with Crippen molar-refractivity contribution < 1.29 is 39.6 Å². The SMILES string of the molecule is CC(O)C(N)C(=O)NC(C(=O)NC(Cc1c[nH]c2ccccc12)C(=O)NC(Cc1ccc(O)cc1)C(=O)O)C(C)O. The van der Waals surface area contributed by atoms with Crippen LogP contribution in [0.3, 0.4) is 0 Å². The van der Waals surface area contributed by atoms with Gasteiger partial charge < -0.3 is 47.1 Å². The van der Waals surface area contributed by atoms with Gasteiger partial charge in [-0.3, -0.25) is 14.4 Å². The molecule has 220 valence electrons. The lowest BCUT2D eigenvalue weighted by atomic mass is 10.0. The molecule has 0 spiro atoms. The van der Waals surface area contributed by atoms with Crippen molar-refractivity contribution in [1.29, 1.82) is 0 Å². The molecule has 3 aromatic rings. The van der Waals surface area contributed by atoms with Gasteiger partial charge in [-0.15, -0.1) is 0 Å². The molecule has 0 saturated carbocycles. The quantitative estimate of drug-likeness (QED) is 0.126. The highest BCUT2D eigenvalue weighted by Crippen LogP contribution is 2.19. The van der Waals surface area contributed by atoms with E-state index in [0.29, 0.717) is 11.1 Å². The monoisotopic (exact) mass is 569 g/mol. The highest BCUT2D eigenvalue weighted by molar-refractivity contribution is 5.95. The van der Waals surface area contributed by atoms with Gasteiger partial charge in [-0.1, -0.05) is 30.3 Å². The Balaban J connectivity index is 1.86. The third kappa shape index (κ3) is 8.27. The Morgan fingerprint density at radius 1 is 0.829 bits per heavy atom. The lowest BCUT2D eigenvalue weighted by molar-refractivity contribution is -0.142. The summed E-state index contributed by atoms with van der Waals surface area (Å²) in [7, 11) is 0. The molecular formula is C28H35N5O8. The van der Waals surface area contributed by atoms with Gasteiger partial charge in [0.15, 0.2) is 0 Å². The van der Waals surface area contributed by atoms with E-state index in [4.69, 9.17) is 5.73 Å². The Morgan fingerprint density at radius 2 is 1.46 bits per heavy atom. The second kappa shape index (κ2) is 13.7. The van der Waals surface area contributed by atoms with E-state index in [-0.39, 0.29) is 18.6 Å². The number of aromatic nitrogens is 1. The van der Waals surface area contributed by atoms with Crippen LogP contribution >= 0.6 is 0 Å².